The monoisotopic (exact) mass is 247 g/mol. The lowest BCUT2D eigenvalue weighted by atomic mass is 10.0. The number of ketones is 1. The molecule has 1 saturated heterocycles. The van der Waals surface area contributed by atoms with Crippen LogP contribution in [0, 0.1) is 0 Å². The number of Topliss-reactive ketones (excluding diaryl/α,β-unsaturated/α-hetero) is 1. The van der Waals surface area contributed by atoms with Crippen molar-refractivity contribution in [3.8, 4) is 0 Å². The molecule has 0 N–H and O–H groups in total. The molecule has 1 aliphatic rings. The van der Waals surface area contributed by atoms with Crippen molar-refractivity contribution in [1.82, 2.24) is 4.90 Å². The Morgan fingerprint density at radius 1 is 1.33 bits per heavy atom. The number of nitrogens with zero attached hydrogens (tertiary/aromatic N) is 1. The van der Waals surface area contributed by atoms with Crippen molar-refractivity contribution in [3.63, 3.8) is 0 Å². The Labute approximate surface area is 107 Å². The fourth-order valence-electron chi connectivity index (χ4n) is 2.36. The van der Waals surface area contributed by atoms with E-state index in [9.17, 15) is 9.59 Å². The summed E-state index contributed by atoms with van der Waals surface area (Å²) in [5.41, 5.74) is 0.703. The molecule has 0 radical (unpaired) electrons. The third-order valence-electron chi connectivity index (χ3n) is 3.30. The fourth-order valence-corrected chi connectivity index (χ4v) is 2.36. The van der Waals surface area contributed by atoms with Crippen LogP contribution in [0.25, 0.3) is 0 Å². The van der Waals surface area contributed by atoms with Crippen molar-refractivity contribution in [2.45, 2.75) is 25.3 Å². The summed E-state index contributed by atoms with van der Waals surface area (Å²) in [5, 5.41) is 0. The van der Waals surface area contributed by atoms with Crippen LogP contribution in [0.4, 0.5) is 4.79 Å². The van der Waals surface area contributed by atoms with Crippen molar-refractivity contribution in [1.29, 1.82) is 0 Å². The predicted octanol–water partition coefficient (Wildman–Crippen LogP) is 2.49. The molecule has 0 unspecified atom stereocenters. The molecule has 4 nitrogen and oxygen atoms in total. The van der Waals surface area contributed by atoms with Gasteiger partial charge in [-0.2, -0.15) is 0 Å². The van der Waals surface area contributed by atoms with Gasteiger partial charge >= 0.3 is 6.09 Å². The molecule has 1 aliphatic heterocycles. The highest BCUT2D eigenvalue weighted by Crippen LogP contribution is 2.22. The standard InChI is InChI=1S/C14H17NO3/c1-18-14(17)15-9-5-8-12(15)10-13(16)11-6-3-2-4-7-11/h2-4,6-7,12H,5,8-10H2,1H3/t12-/m1/s1. The van der Waals surface area contributed by atoms with Gasteiger partial charge in [0, 0.05) is 24.6 Å². The lowest BCUT2D eigenvalue weighted by Crippen LogP contribution is -2.36. The number of benzene rings is 1. The van der Waals surface area contributed by atoms with Gasteiger partial charge in [-0.15, -0.1) is 0 Å². The minimum Gasteiger partial charge on any atom is -0.453 e. The van der Waals surface area contributed by atoms with Crippen LogP contribution < -0.4 is 0 Å². The molecule has 1 aromatic rings. The minimum atomic E-state index is -0.335. The lowest BCUT2D eigenvalue weighted by Gasteiger charge is -2.22. The van der Waals surface area contributed by atoms with Gasteiger partial charge < -0.3 is 9.64 Å². The number of likely N-dealkylation sites (tertiary alicyclic amines) is 1. The molecule has 0 aromatic heterocycles. The van der Waals surface area contributed by atoms with Crippen molar-refractivity contribution < 1.29 is 14.3 Å². The Hall–Kier alpha value is -1.84. The van der Waals surface area contributed by atoms with Gasteiger partial charge in [0.15, 0.2) is 5.78 Å². The Bertz CT molecular complexity index is 430. The van der Waals surface area contributed by atoms with E-state index in [0.717, 1.165) is 12.8 Å². The summed E-state index contributed by atoms with van der Waals surface area (Å²) in [4.78, 5) is 25.3. The first-order valence-corrected chi connectivity index (χ1v) is 6.15. The maximum atomic E-state index is 12.1. The van der Waals surface area contributed by atoms with Gasteiger partial charge in [-0.05, 0) is 12.8 Å². The molecule has 0 bridgehead atoms. The van der Waals surface area contributed by atoms with Crippen molar-refractivity contribution in [2.75, 3.05) is 13.7 Å². The van der Waals surface area contributed by atoms with Crippen LogP contribution in [0.1, 0.15) is 29.6 Å². The third-order valence-corrected chi connectivity index (χ3v) is 3.30. The van der Waals surface area contributed by atoms with Gasteiger partial charge in [-0.1, -0.05) is 30.3 Å². The second-order valence-corrected chi connectivity index (χ2v) is 4.45. The van der Waals surface area contributed by atoms with Crippen LogP contribution >= 0.6 is 0 Å². The second-order valence-electron chi connectivity index (χ2n) is 4.45. The third kappa shape index (κ3) is 2.70. The molecule has 96 valence electrons. The molecular formula is C14H17NO3. The Balaban J connectivity index is 2.01. The second kappa shape index (κ2) is 5.67. The van der Waals surface area contributed by atoms with Crippen LogP contribution in [-0.2, 0) is 4.74 Å². The van der Waals surface area contributed by atoms with Gasteiger partial charge in [0.25, 0.3) is 0 Å². The summed E-state index contributed by atoms with van der Waals surface area (Å²) in [6.07, 6.45) is 1.84. The van der Waals surface area contributed by atoms with Crippen LogP contribution in [0.2, 0.25) is 0 Å². The number of hydrogen-bond acceptors (Lipinski definition) is 3. The highest BCUT2D eigenvalue weighted by Gasteiger charge is 2.31. The molecule has 0 aliphatic carbocycles. The van der Waals surface area contributed by atoms with E-state index in [1.54, 1.807) is 17.0 Å². The average Bonchev–Trinajstić information content (AvgIpc) is 2.87. The van der Waals surface area contributed by atoms with Gasteiger partial charge in [0.05, 0.1) is 7.11 Å². The van der Waals surface area contributed by atoms with Gasteiger partial charge in [0.1, 0.15) is 0 Å². The Kier molecular flexibility index (Phi) is 3.97. The van der Waals surface area contributed by atoms with Crippen molar-refractivity contribution in [2.24, 2.45) is 0 Å². The number of carbonyl (C=O) groups excluding carboxylic acids is 2. The summed E-state index contributed by atoms with van der Waals surface area (Å²) in [6.45, 7) is 0.680. The van der Waals surface area contributed by atoms with E-state index >= 15 is 0 Å². The maximum absolute atomic E-state index is 12.1. The van der Waals surface area contributed by atoms with E-state index in [0.29, 0.717) is 18.5 Å². The van der Waals surface area contributed by atoms with Crippen LogP contribution in [0.3, 0.4) is 0 Å². The highest BCUT2D eigenvalue weighted by atomic mass is 16.5. The number of carbonyl (C=O) groups is 2. The van der Waals surface area contributed by atoms with Gasteiger partial charge in [0.2, 0.25) is 0 Å². The van der Waals surface area contributed by atoms with E-state index < -0.39 is 0 Å². The number of rotatable bonds is 3. The number of hydrogen-bond donors (Lipinski definition) is 0. The van der Waals surface area contributed by atoms with Crippen LogP contribution in [0.15, 0.2) is 30.3 Å². The molecule has 0 spiro atoms. The van der Waals surface area contributed by atoms with E-state index in [4.69, 9.17) is 4.74 Å². The minimum absolute atomic E-state index is 0.0230. The SMILES string of the molecule is COC(=O)N1CCC[C@@H]1CC(=O)c1ccccc1. The topological polar surface area (TPSA) is 46.6 Å². The van der Waals surface area contributed by atoms with E-state index in [2.05, 4.69) is 0 Å². The molecule has 1 heterocycles. The Morgan fingerprint density at radius 2 is 2.06 bits per heavy atom. The smallest absolute Gasteiger partial charge is 0.409 e. The summed E-state index contributed by atoms with van der Waals surface area (Å²) in [6, 6.07) is 9.16. The molecule has 4 heteroatoms. The van der Waals surface area contributed by atoms with Gasteiger partial charge in [-0.3, -0.25) is 4.79 Å². The Morgan fingerprint density at radius 3 is 2.72 bits per heavy atom. The molecule has 1 fully saturated rings. The zero-order valence-electron chi connectivity index (χ0n) is 10.5. The summed E-state index contributed by atoms with van der Waals surface area (Å²) in [5.74, 6) is 0.0800. The first-order chi connectivity index (χ1) is 8.72. The molecule has 2 rings (SSSR count). The van der Waals surface area contributed by atoms with E-state index in [1.165, 1.54) is 7.11 Å². The molecule has 18 heavy (non-hydrogen) atoms. The molecule has 1 atom stereocenters. The normalized spacial score (nSPS) is 18.7. The fraction of sp³-hybridized carbons (Fsp3) is 0.429. The molecule has 0 saturated carbocycles. The van der Waals surface area contributed by atoms with Gasteiger partial charge in [-0.25, -0.2) is 4.79 Å². The first-order valence-electron chi connectivity index (χ1n) is 6.15. The van der Waals surface area contributed by atoms with E-state index in [1.807, 2.05) is 18.2 Å². The molecule has 1 aromatic carbocycles. The van der Waals surface area contributed by atoms with Crippen molar-refractivity contribution >= 4 is 11.9 Å². The number of methoxy groups -OCH3 is 1. The summed E-state index contributed by atoms with van der Waals surface area (Å²) >= 11 is 0. The summed E-state index contributed by atoms with van der Waals surface area (Å²) in [7, 11) is 1.37. The highest BCUT2D eigenvalue weighted by molar-refractivity contribution is 5.96. The number of ether oxygens (including phenoxy) is 1. The van der Waals surface area contributed by atoms with Crippen LogP contribution in [-0.4, -0.2) is 36.5 Å². The quantitative estimate of drug-likeness (QED) is 0.771. The number of amides is 1. The molecule has 1 amide bonds. The summed E-state index contributed by atoms with van der Waals surface area (Å²) < 4.78 is 4.73. The van der Waals surface area contributed by atoms with Crippen LogP contribution in [0.5, 0.6) is 0 Å². The maximum Gasteiger partial charge on any atom is 0.409 e. The zero-order chi connectivity index (χ0) is 13.0. The largest absolute Gasteiger partial charge is 0.453 e. The zero-order valence-corrected chi connectivity index (χ0v) is 10.5. The first kappa shape index (κ1) is 12.6. The molecular weight excluding hydrogens is 230 g/mol. The lowest BCUT2D eigenvalue weighted by molar-refractivity contribution is 0.0914. The average molecular weight is 247 g/mol. The predicted molar refractivity (Wildman–Crippen MR) is 67.5 cm³/mol. The van der Waals surface area contributed by atoms with E-state index in [-0.39, 0.29) is 17.9 Å². The van der Waals surface area contributed by atoms with Crippen molar-refractivity contribution in [3.05, 3.63) is 35.9 Å².